The lowest BCUT2D eigenvalue weighted by atomic mass is 10.1. The molecule has 92 valence electrons. The van der Waals surface area contributed by atoms with E-state index in [1.54, 1.807) is 17.0 Å². The van der Waals surface area contributed by atoms with E-state index < -0.39 is 11.7 Å². The van der Waals surface area contributed by atoms with Crippen molar-refractivity contribution in [2.75, 3.05) is 23.7 Å². The first-order chi connectivity index (χ1) is 7.97. The quantitative estimate of drug-likeness (QED) is 0.770. The van der Waals surface area contributed by atoms with Gasteiger partial charge in [-0.1, -0.05) is 6.08 Å². The molecule has 6 heteroatoms. The molecular weight excluding hydrogens is 231 g/mol. The minimum atomic E-state index is -4.21. The Morgan fingerprint density at radius 3 is 2.53 bits per heavy atom. The molecule has 1 aromatic rings. The first-order valence-electron chi connectivity index (χ1n) is 5.19. The Morgan fingerprint density at radius 1 is 1.29 bits per heavy atom. The van der Waals surface area contributed by atoms with Crippen molar-refractivity contribution in [3.05, 3.63) is 30.0 Å². The minimum Gasteiger partial charge on any atom is -0.397 e. The van der Waals surface area contributed by atoms with Gasteiger partial charge < -0.3 is 10.6 Å². The third-order valence-electron chi connectivity index (χ3n) is 2.67. The summed E-state index contributed by atoms with van der Waals surface area (Å²) in [6.45, 7) is 0.550. The summed E-state index contributed by atoms with van der Waals surface area (Å²) >= 11 is 0. The van der Waals surface area contributed by atoms with Gasteiger partial charge in [-0.25, -0.2) is 4.98 Å². The standard InChI is InChI=1S/C11H12F3N3/c12-11(13,14)8-3-5-17(6-4-8)10-2-1-9(15)7-16-10/h1-3,7H,4-6,15H2. The smallest absolute Gasteiger partial charge is 0.397 e. The fourth-order valence-electron chi connectivity index (χ4n) is 1.72. The molecule has 3 nitrogen and oxygen atoms in total. The maximum absolute atomic E-state index is 12.4. The van der Waals surface area contributed by atoms with E-state index in [0.717, 1.165) is 0 Å². The third-order valence-corrected chi connectivity index (χ3v) is 2.67. The van der Waals surface area contributed by atoms with Gasteiger partial charge in [0.2, 0.25) is 0 Å². The zero-order valence-electron chi connectivity index (χ0n) is 9.04. The van der Waals surface area contributed by atoms with Gasteiger partial charge in [0, 0.05) is 18.7 Å². The van der Waals surface area contributed by atoms with Crippen LogP contribution in [0.3, 0.4) is 0 Å². The van der Waals surface area contributed by atoms with Crippen molar-refractivity contribution in [3.8, 4) is 0 Å². The summed E-state index contributed by atoms with van der Waals surface area (Å²) in [7, 11) is 0. The average molecular weight is 243 g/mol. The summed E-state index contributed by atoms with van der Waals surface area (Å²) in [6, 6.07) is 3.40. The Labute approximate surface area is 96.7 Å². The topological polar surface area (TPSA) is 42.1 Å². The molecule has 17 heavy (non-hydrogen) atoms. The van der Waals surface area contributed by atoms with Gasteiger partial charge in [0.05, 0.1) is 11.9 Å². The first kappa shape index (κ1) is 11.8. The number of alkyl halides is 3. The van der Waals surface area contributed by atoms with Gasteiger partial charge in [-0.2, -0.15) is 13.2 Å². The fourth-order valence-corrected chi connectivity index (χ4v) is 1.72. The molecule has 0 saturated heterocycles. The molecule has 0 fully saturated rings. The molecule has 0 aliphatic carbocycles. The van der Waals surface area contributed by atoms with Crippen molar-refractivity contribution < 1.29 is 13.2 Å². The van der Waals surface area contributed by atoms with Crippen LogP contribution in [0.25, 0.3) is 0 Å². The van der Waals surface area contributed by atoms with E-state index in [1.165, 1.54) is 12.3 Å². The summed E-state index contributed by atoms with van der Waals surface area (Å²) < 4.78 is 37.2. The molecule has 0 amide bonds. The van der Waals surface area contributed by atoms with Crippen molar-refractivity contribution in [2.45, 2.75) is 12.6 Å². The third kappa shape index (κ3) is 2.69. The number of halogens is 3. The zero-order chi connectivity index (χ0) is 12.5. The normalized spacial score (nSPS) is 16.9. The summed E-state index contributed by atoms with van der Waals surface area (Å²) in [5.74, 6) is 0.650. The molecule has 0 saturated carbocycles. The number of hydrogen-bond donors (Lipinski definition) is 1. The summed E-state index contributed by atoms with van der Waals surface area (Å²) in [5.41, 5.74) is 5.58. The molecule has 0 bridgehead atoms. The fraction of sp³-hybridized carbons (Fsp3) is 0.364. The maximum Gasteiger partial charge on any atom is 0.412 e. The molecule has 2 heterocycles. The Kier molecular flexibility index (Phi) is 2.95. The number of anilines is 2. The van der Waals surface area contributed by atoms with Crippen molar-refractivity contribution in [1.29, 1.82) is 0 Å². The van der Waals surface area contributed by atoms with E-state index in [4.69, 9.17) is 5.73 Å². The second-order valence-corrected chi connectivity index (χ2v) is 3.87. The van der Waals surface area contributed by atoms with E-state index in [1.807, 2.05) is 0 Å². The lowest BCUT2D eigenvalue weighted by molar-refractivity contribution is -0.0944. The van der Waals surface area contributed by atoms with Gasteiger partial charge in [0.25, 0.3) is 0 Å². The van der Waals surface area contributed by atoms with Gasteiger partial charge in [-0.15, -0.1) is 0 Å². The highest BCUT2D eigenvalue weighted by atomic mass is 19.4. The second-order valence-electron chi connectivity index (χ2n) is 3.87. The van der Waals surface area contributed by atoms with Crippen LogP contribution in [0.15, 0.2) is 30.0 Å². The van der Waals surface area contributed by atoms with Crippen LogP contribution in [-0.4, -0.2) is 24.2 Å². The largest absolute Gasteiger partial charge is 0.412 e. The number of rotatable bonds is 1. The lowest BCUT2D eigenvalue weighted by Crippen LogP contribution is -2.32. The Balaban J connectivity index is 2.09. The summed E-state index contributed by atoms with van der Waals surface area (Å²) in [5, 5.41) is 0. The van der Waals surface area contributed by atoms with E-state index in [-0.39, 0.29) is 13.0 Å². The van der Waals surface area contributed by atoms with Gasteiger partial charge in [0.1, 0.15) is 5.82 Å². The second kappa shape index (κ2) is 4.27. The average Bonchev–Trinajstić information content (AvgIpc) is 2.29. The molecule has 1 aliphatic rings. The molecule has 0 aromatic carbocycles. The van der Waals surface area contributed by atoms with Crippen molar-refractivity contribution in [1.82, 2.24) is 4.98 Å². The van der Waals surface area contributed by atoms with Crippen molar-refractivity contribution in [2.24, 2.45) is 0 Å². The highest BCUT2D eigenvalue weighted by molar-refractivity contribution is 5.47. The van der Waals surface area contributed by atoms with E-state index in [0.29, 0.717) is 18.1 Å². The number of nitrogen functional groups attached to an aromatic ring is 1. The Morgan fingerprint density at radius 2 is 2.06 bits per heavy atom. The van der Waals surface area contributed by atoms with Crippen LogP contribution in [0, 0.1) is 0 Å². The van der Waals surface area contributed by atoms with Crippen molar-refractivity contribution >= 4 is 11.5 Å². The maximum atomic E-state index is 12.4. The van der Waals surface area contributed by atoms with Crippen LogP contribution in [-0.2, 0) is 0 Å². The van der Waals surface area contributed by atoms with Gasteiger partial charge in [0.15, 0.2) is 0 Å². The molecule has 0 atom stereocenters. The van der Waals surface area contributed by atoms with Crippen LogP contribution >= 0.6 is 0 Å². The molecule has 0 spiro atoms. The number of nitrogens with zero attached hydrogens (tertiary/aromatic N) is 2. The van der Waals surface area contributed by atoms with Gasteiger partial charge in [-0.3, -0.25) is 0 Å². The van der Waals surface area contributed by atoms with Gasteiger partial charge >= 0.3 is 6.18 Å². The van der Waals surface area contributed by atoms with Crippen LogP contribution in [0.4, 0.5) is 24.7 Å². The number of hydrogen-bond acceptors (Lipinski definition) is 3. The van der Waals surface area contributed by atoms with E-state index in [2.05, 4.69) is 4.98 Å². The molecule has 2 N–H and O–H groups in total. The number of aromatic nitrogens is 1. The SMILES string of the molecule is Nc1ccc(N2CC=C(C(F)(F)F)CC2)nc1. The van der Waals surface area contributed by atoms with E-state index >= 15 is 0 Å². The molecule has 0 radical (unpaired) electrons. The highest BCUT2D eigenvalue weighted by Crippen LogP contribution is 2.31. The summed E-state index contributed by atoms with van der Waals surface area (Å²) in [6.07, 6.45) is -1.50. The van der Waals surface area contributed by atoms with Gasteiger partial charge in [-0.05, 0) is 18.6 Å². The minimum absolute atomic E-state index is 0.00441. The van der Waals surface area contributed by atoms with Crippen LogP contribution in [0.1, 0.15) is 6.42 Å². The zero-order valence-corrected chi connectivity index (χ0v) is 9.04. The predicted octanol–water partition coefficient (Wildman–Crippen LogP) is 2.36. The monoisotopic (exact) mass is 243 g/mol. The number of pyridine rings is 1. The molecule has 2 rings (SSSR count). The van der Waals surface area contributed by atoms with E-state index in [9.17, 15) is 13.2 Å². The van der Waals surface area contributed by atoms with Crippen LogP contribution < -0.4 is 10.6 Å². The van der Waals surface area contributed by atoms with Crippen molar-refractivity contribution in [3.63, 3.8) is 0 Å². The Bertz CT molecular complexity index is 423. The molecular formula is C11H12F3N3. The molecule has 0 unspecified atom stereocenters. The Hall–Kier alpha value is -1.72. The molecule has 1 aromatic heterocycles. The number of nitrogens with two attached hydrogens (primary N) is 1. The highest BCUT2D eigenvalue weighted by Gasteiger charge is 2.34. The van der Waals surface area contributed by atoms with Crippen LogP contribution in [0.2, 0.25) is 0 Å². The van der Waals surface area contributed by atoms with Crippen LogP contribution in [0.5, 0.6) is 0 Å². The molecule has 1 aliphatic heterocycles. The summed E-state index contributed by atoms with van der Waals surface area (Å²) in [4.78, 5) is 5.87. The lowest BCUT2D eigenvalue weighted by Gasteiger charge is -2.28. The first-order valence-corrected chi connectivity index (χ1v) is 5.19. The predicted molar refractivity (Wildman–Crippen MR) is 59.6 cm³/mol.